The van der Waals surface area contributed by atoms with Crippen molar-refractivity contribution in [2.45, 2.75) is 34.1 Å². The first-order chi connectivity index (χ1) is 9.02. The molecule has 0 spiro atoms. The fourth-order valence-corrected chi connectivity index (χ4v) is 3.54. The van der Waals surface area contributed by atoms with Crippen molar-refractivity contribution in [2.75, 3.05) is 13.2 Å². The quantitative estimate of drug-likeness (QED) is 0.733. The van der Waals surface area contributed by atoms with Gasteiger partial charge in [0.05, 0.1) is 24.4 Å². The molecule has 0 heterocycles. The lowest BCUT2D eigenvalue weighted by Crippen LogP contribution is -2.29. The molecular weight excluding hydrogens is 244 g/mol. The summed E-state index contributed by atoms with van der Waals surface area (Å²) in [6.07, 6.45) is 0.880. The number of hydrogen-bond acceptors (Lipinski definition) is 4. The summed E-state index contributed by atoms with van der Waals surface area (Å²) >= 11 is 0. The van der Waals surface area contributed by atoms with E-state index < -0.39 is 0 Å². The maximum atomic E-state index is 12.1. The van der Waals surface area contributed by atoms with Crippen LogP contribution in [0.4, 0.5) is 0 Å². The fraction of sp³-hybridized carbons (Fsp3) is 0.733. The third-order valence-electron chi connectivity index (χ3n) is 4.63. The van der Waals surface area contributed by atoms with Crippen LogP contribution in [0.3, 0.4) is 0 Å². The zero-order chi connectivity index (χ0) is 14.2. The third kappa shape index (κ3) is 2.17. The minimum absolute atomic E-state index is 0.151. The normalized spacial score (nSPS) is 32.6. The molecule has 0 aliphatic heterocycles. The highest BCUT2D eigenvalue weighted by molar-refractivity contribution is 6.02. The lowest BCUT2D eigenvalue weighted by molar-refractivity contribution is -0.142. The number of carbonyl (C=O) groups excluding carboxylic acids is 2. The number of hydrogen-bond donors (Lipinski definition) is 0. The van der Waals surface area contributed by atoms with Crippen molar-refractivity contribution < 1.29 is 19.1 Å². The highest BCUT2D eigenvalue weighted by atomic mass is 16.5. The topological polar surface area (TPSA) is 52.6 Å². The molecule has 1 fully saturated rings. The average molecular weight is 266 g/mol. The van der Waals surface area contributed by atoms with Crippen LogP contribution in [0.1, 0.15) is 34.1 Å². The molecule has 0 saturated heterocycles. The molecule has 0 amide bonds. The Morgan fingerprint density at radius 3 is 1.63 bits per heavy atom. The first kappa shape index (κ1) is 14.1. The van der Waals surface area contributed by atoms with Crippen LogP contribution >= 0.6 is 0 Å². The lowest BCUT2D eigenvalue weighted by Gasteiger charge is -2.28. The molecule has 4 nitrogen and oxygen atoms in total. The maximum absolute atomic E-state index is 12.1. The molecule has 4 unspecified atom stereocenters. The van der Waals surface area contributed by atoms with Gasteiger partial charge in [-0.25, -0.2) is 9.59 Å². The van der Waals surface area contributed by atoms with Crippen molar-refractivity contribution in [2.24, 2.45) is 23.7 Å². The Kier molecular flexibility index (Phi) is 3.97. The monoisotopic (exact) mass is 266 g/mol. The largest absolute Gasteiger partial charge is 0.463 e. The number of rotatable bonds is 4. The van der Waals surface area contributed by atoms with Crippen molar-refractivity contribution in [1.82, 2.24) is 0 Å². The average Bonchev–Trinajstić information content (AvgIpc) is 2.88. The Morgan fingerprint density at radius 2 is 1.32 bits per heavy atom. The Hall–Kier alpha value is -1.32. The molecule has 4 atom stereocenters. The molecule has 0 aromatic heterocycles. The van der Waals surface area contributed by atoms with Crippen molar-refractivity contribution >= 4 is 11.9 Å². The van der Waals surface area contributed by atoms with Gasteiger partial charge in [0.15, 0.2) is 0 Å². The van der Waals surface area contributed by atoms with Crippen molar-refractivity contribution in [3.05, 3.63) is 11.1 Å². The second-order valence-corrected chi connectivity index (χ2v) is 5.44. The molecule has 2 bridgehead atoms. The molecule has 1 saturated carbocycles. The van der Waals surface area contributed by atoms with Crippen LogP contribution in [0.15, 0.2) is 11.1 Å². The third-order valence-corrected chi connectivity index (χ3v) is 4.63. The molecular formula is C15H22O4. The van der Waals surface area contributed by atoms with Gasteiger partial charge >= 0.3 is 11.9 Å². The van der Waals surface area contributed by atoms with Crippen LogP contribution in [0, 0.1) is 23.7 Å². The fourth-order valence-electron chi connectivity index (χ4n) is 3.54. The highest BCUT2D eigenvalue weighted by Gasteiger charge is 2.53. The summed E-state index contributed by atoms with van der Waals surface area (Å²) in [7, 11) is 0. The number of fused-ring (bicyclic) bond motifs is 2. The number of carbonyl (C=O) groups is 2. The molecule has 106 valence electrons. The van der Waals surface area contributed by atoms with E-state index in [1.54, 1.807) is 13.8 Å². The smallest absolute Gasteiger partial charge is 0.334 e. The van der Waals surface area contributed by atoms with Gasteiger partial charge in [0.25, 0.3) is 0 Å². The molecule has 2 rings (SSSR count). The molecule has 0 N–H and O–H groups in total. The summed E-state index contributed by atoms with van der Waals surface area (Å²) < 4.78 is 10.2. The molecule has 0 aromatic carbocycles. The standard InChI is InChI=1S/C15H22O4/c1-5-18-14(16)12-10-7-11(9(4)8(10)3)13(12)15(17)19-6-2/h8-11H,5-7H2,1-4H3. The van der Waals surface area contributed by atoms with Gasteiger partial charge in [-0.15, -0.1) is 0 Å². The van der Waals surface area contributed by atoms with Gasteiger partial charge in [-0.1, -0.05) is 13.8 Å². The van der Waals surface area contributed by atoms with Crippen LogP contribution in [-0.4, -0.2) is 25.2 Å². The van der Waals surface area contributed by atoms with Crippen molar-refractivity contribution in [3.63, 3.8) is 0 Å². The zero-order valence-corrected chi connectivity index (χ0v) is 12.1. The van der Waals surface area contributed by atoms with Gasteiger partial charge in [0.2, 0.25) is 0 Å². The van der Waals surface area contributed by atoms with E-state index in [9.17, 15) is 9.59 Å². The Labute approximate surface area is 114 Å². The first-order valence-electron chi connectivity index (χ1n) is 7.11. The van der Waals surface area contributed by atoms with Crippen LogP contribution in [0.5, 0.6) is 0 Å². The Balaban J connectivity index is 2.38. The first-order valence-corrected chi connectivity index (χ1v) is 7.11. The summed E-state index contributed by atoms with van der Waals surface area (Å²) in [4.78, 5) is 24.2. The van der Waals surface area contributed by atoms with Crippen LogP contribution in [-0.2, 0) is 19.1 Å². The van der Waals surface area contributed by atoms with Gasteiger partial charge in [-0.05, 0) is 43.9 Å². The summed E-state index contributed by atoms with van der Waals surface area (Å²) in [5.74, 6) is 0.468. The van der Waals surface area contributed by atoms with Gasteiger partial charge in [0.1, 0.15) is 0 Å². The number of ether oxygens (including phenoxy) is 2. The SMILES string of the molecule is CCOC(=O)C1=C(C(=O)OCC)C2CC1C(C)C2C. The highest BCUT2D eigenvalue weighted by Crippen LogP contribution is 2.55. The number of esters is 2. The molecule has 4 heteroatoms. The second kappa shape index (κ2) is 5.35. The lowest BCUT2D eigenvalue weighted by atomic mass is 9.77. The molecule has 2 aliphatic carbocycles. The Morgan fingerprint density at radius 1 is 0.947 bits per heavy atom. The summed E-state index contributed by atoms with van der Waals surface area (Å²) in [6, 6.07) is 0. The van der Waals surface area contributed by atoms with Crippen LogP contribution < -0.4 is 0 Å². The minimum atomic E-state index is -0.336. The zero-order valence-electron chi connectivity index (χ0n) is 12.1. The van der Waals surface area contributed by atoms with E-state index in [0.29, 0.717) is 36.2 Å². The molecule has 2 aliphatic rings. The molecule has 0 aromatic rings. The Bertz CT molecular complexity index is 386. The van der Waals surface area contributed by atoms with E-state index in [1.165, 1.54) is 0 Å². The predicted molar refractivity (Wildman–Crippen MR) is 70.2 cm³/mol. The summed E-state index contributed by atoms with van der Waals surface area (Å²) in [6.45, 7) is 8.52. The minimum Gasteiger partial charge on any atom is -0.463 e. The van der Waals surface area contributed by atoms with E-state index in [4.69, 9.17) is 9.47 Å². The summed E-state index contributed by atoms with van der Waals surface area (Å²) in [5.41, 5.74) is 1.16. The van der Waals surface area contributed by atoms with Crippen LogP contribution in [0.25, 0.3) is 0 Å². The maximum Gasteiger partial charge on any atom is 0.334 e. The van der Waals surface area contributed by atoms with E-state index in [0.717, 1.165) is 6.42 Å². The van der Waals surface area contributed by atoms with Gasteiger partial charge in [-0.2, -0.15) is 0 Å². The van der Waals surface area contributed by atoms with Crippen molar-refractivity contribution in [1.29, 1.82) is 0 Å². The molecule has 19 heavy (non-hydrogen) atoms. The second-order valence-electron chi connectivity index (χ2n) is 5.44. The van der Waals surface area contributed by atoms with Crippen molar-refractivity contribution in [3.8, 4) is 0 Å². The van der Waals surface area contributed by atoms with E-state index in [-0.39, 0.29) is 23.8 Å². The van der Waals surface area contributed by atoms with Gasteiger partial charge in [-0.3, -0.25) is 0 Å². The van der Waals surface area contributed by atoms with Gasteiger partial charge < -0.3 is 9.47 Å². The van der Waals surface area contributed by atoms with E-state index in [2.05, 4.69) is 13.8 Å². The van der Waals surface area contributed by atoms with E-state index in [1.807, 2.05) is 0 Å². The summed E-state index contributed by atoms with van der Waals surface area (Å²) in [5, 5.41) is 0. The van der Waals surface area contributed by atoms with E-state index >= 15 is 0 Å². The van der Waals surface area contributed by atoms with Gasteiger partial charge in [0, 0.05) is 0 Å². The molecule has 0 radical (unpaired) electrons. The van der Waals surface area contributed by atoms with Crippen LogP contribution in [0.2, 0.25) is 0 Å². The predicted octanol–water partition coefficient (Wildman–Crippen LogP) is 2.33.